The average Bonchev–Trinajstić information content (AvgIpc) is 4.12. The van der Waals surface area contributed by atoms with Crippen molar-refractivity contribution in [3.05, 3.63) is 132 Å². The fraction of sp³-hybridized carbons (Fsp3) is 0.321. The van der Waals surface area contributed by atoms with Gasteiger partial charge in [0.2, 0.25) is 29.0 Å². The molecule has 0 radical (unpaired) electrons. The third-order valence-corrected chi connectivity index (χ3v) is 12.0. The van der Waals surface area contributed by atoms with Crippen molar-refractivity contribution in [3.63, 3.8) is 0 Å². The van der Waals surface area contributed by atoms with E-state index >= 15 is 0 Å². The molecule has 0 unspecified atom stereocenters. The summed E-state index contributed by atoms with van der Waals surface area (Å²) < 4.78 is 27.4. The normalized spacial score (nSPS) is 13.8. The number of piperazine rings is 3. The second-order valence-corrected chi connectivity index (χ2v) is 17.5. The summed E-state index contributed by atoms with van der Waals surface area (Å²) in [4.78, 5) is 48.5. The van der Waals surface area contributed by atoms with Gasteiger partial charge in [0.25, 0.3) is 0 Å². The molecule has 3 aliphatic rings. The van der Waals surface area contributed by atoms with Crippen molar-refractivity contribution in [3.8, 4) is 40.2 Å². The second kappa shape index (κ2) is 30.1. The molecule has 0 atom stereocenters. The molecule has 3 aliphatic heterocycles. The maximum Gasteiger partial charge on any atom is 0.228 e. The SMILES string of the molecule is Brc1ccc2oc(-c3cccnc3)nc2c1.C.C.C1CNCCN1.COc1cnc(Cl)nc1.COc1cnc(N2CCN(c3ccc4oc(-c5cccnc5)nc4c3)CC2)nc1.COc1cnc(N2CCNCC2)nc1. The van der Waals surface area contributed by atoms with Gasteiger partial charge in [0.15, 0.2) is 28.4 Å². The van der Waals surface area contributed by atoms with Crippen LogP contribution in [-0.2, 0) is 0 Å². The molecule has 2 aromatic carbocycles. The maximum atomic E-state index is 5.89. The van der Waals surface area contributed by atoms with Crippen LogP contribution in [-0.4, -0.2) is 150 Å². The lowest BCUT2D eigenvalue weighted by molar-refractivity contribution is 0.410. The summed E-state index contributed by atoms with van der Waals surface area (Å²) in [5.41, 5.74) is 6.14. The number of oxazole rings is 2. The largest absolute Gasteiger partial charge is 0.494 e. The van der Waals surface area contributed by atoms with Gasteiger partial charge in [-0.15, -0.1) is 0 Å². The zero-order valence-corrected chi connectivity index (χ0v) is 43.5. The van der Waals surface area contributed by atoms with Crippen LogP contribution in [0.3, 0.4) is 0 Å². The molecule has 3 fully saturated rings. The van der Waals surface area contributed by atoms with Gasteiger partial charge in [-0.2, -0.15) is 0 Å². The summed E-state index contributed by atoms with van der Waals surface area (Å²) in [6.07, 6.45) is 16.8. The van der Waals surface area contributed by atoms with Crippen LogP contribution in [0.1, 0.15) is 14.9 Å². The molecule has 0 bridgehead atoms. The van der Waals surface area contributed by atoms with E-state index < -0.39 is 0 Å². The first-order valence-corrected chi connectivity index (χ1v) is 24.9. The first kappa shape index (κ1) is 57.6. The quantitative estimate of drug-likeness (QED) is 0.122. The fourth-order valence-corrected chi connectivity index (χ4v) is 7.88. The molecule has 0 amide bonds. The Bertz CT molecular complexity index is 3040. The Hall–Kier alpha value is -7.63. The van der Waals surface area contributed by atoms with Crippen LogP contribution in [0.4, 0.5) is 17.6 Å². The number of hydrogen-bond acceptors (Lipinski definition) is 21. The number of halogens is 2. The van der Waals surface area contributed by atoms with Gasteiger partial charge in [-0.3, -0.25) is 9.97 Å². The predicted molar refractivity (Wildman–Crippen MR) is 302 cm³/mol. The van der Waals surface area contributed by atoms with Crippen LogP contribution in [0.2, 0.25) is 5.28 Å². The van der Waals surface area contributed by atoms with Crippen LogP contribution in [0.25, 0.3) is 45.1 Å². The van der Waals surface area contributed by atoms with Gasteiger partial charge in [-0.05, 0) is 72.3 Å². The van der Waals surface area contributed by atoms with E-state index in [4.69, 9.17) is 34.6 Å². The number of hydrogen-bond donors (Lipinski definition) is 3. The Labute approximate surface area is 456 Å². The summed E-state index contributed by atoms with van der Waals surface area (Å²) in [7, 11) is 4.78. The molecule has 23 heteroatoms. The number of rotatable bonds is 8. The maximum absolute atomic E-state index is 5.89. The zero-order valence-electron chi connectivity index (χ0n) is 41.1. The Morgan fingerprint density at radius 3 is 1.37 bits per heavy atom. The Morgan fingerprint density at radius 1 is 0.500 bits per heavy atom. The van der Waals surface area contributed by atoms with E-state index in [0.717, 1.165) is 134 Å². The van der Waals surface area contributed by atoms with Crippen molar-refractivity contribution in [1.82, 2.24) is 65.8 Å². The van der Waals surface area contributed by atoms with Gasteiger partial charge in [-0.1, -0.05) is 30.8 Å². The first-order chi connectivity index (χ1) is 36.3. The predicted octanol–water partition coefficient (Wildman–Crippen LogP) is 8.15. The molecule has 12 rings (SSSR count). The standard InChI is InChI=1S/C21H20N6O2.C12H7BrN2O.C9H14N4O.C5H5ClN2O.C4H10N2.2CH4/c1-28-17-13-23-21(24-14-17)27-9-7-26(8-10-27)16-4-5-19-18(11-16)25-20(29-19)15-3-2-6-22-12-15;13-9-3-4-11-10(6-9)15-12(16-11)8-2-1-5-14-7-8;1-14-8-6-11-9(12-7-8)13-4-2-10-3-5-13;1-9-4-2-7-5(6)8-3-4;1-2-6-4-3-5-1;;/h2-6,11-14H,7-10H2,1H3;1-7H;6-7,10H,2-5H2,1H3;2-3H,1H3;5-6H,1-4H2;2*1H4. The molecule has 76 heavy (non-hydrogen) atoms. The lowest BCUT2D eigenvalue weighted by Gasteiger charge is -2.36. The minimum atomic E-state index is 0. The fourth-order valence-electron chi connectivity index (χ4n) is 7.43. The average molecular weight is 1120 g/mol. The number of pyridine rings is 2. The highest BCUT2D eigenvalue weighted by Crippen LogP contribution is 2.29. The zero-order chi connectivity index (χ0) is 51.3. The van der Waals surface area contributed by atoms with Crippen LogP contribution in [0.15, 0.2) is 136 Å². The summed E-state index contributed by atoms with van der Waals surface area (Å²) in [6, 6.07) is 19.5. The summed E-state index contributed by atoms with van der Waals surface area (Å²) in [5.74, 6) is 4.68. The molecule has 0 spiro atoms. The van der Waals surface area contributed by atoms with Crippen LogP contribution in [0, 0.1) is 0 Å². The van der Waals surface area contributed by atoms with Crippen molar-refractivity contribution >= 4 is 67.3 Å². The van der Waals surface area contributed by atoms with Crippen LogP contribution in [0.5, 0.6) is 17.2 Å². The third-order valence-electron chi connectivity index (χ3n) is 11.4. The van der Waals surface area contributed by atoms with Gasteiger partial charge in [0.1, 0.15) is 11.0 Å². The van der Waals surface area contributed by atoms with Crippen LogP contribution >= 0.6 is 27.5 Å². The van der Waals surface area contributed by atoms with Crippen molar-refractivity contribution in [2.75, 3.05) is 115 Å². The van der Waals surface area contributed by atoms with Gasteiger partial charge >= 0.3 is 0 Å². The van der Waals surface area contributed by atoms with Crippen molar-refractivity contribution in [1.29, 1.82) is 0 Å². The molecule has 3 N–H and O–H groups in total. The minimum absolute atomic E-state index is 0. The van der Waals surface area contributed by atoms with Crippen molar-refractivity contribution in [2.45, 2.75) is 14.9 Å². The molecule has 400 valence electrons. The Balaban J connectivity index is 0.000000169. The topological polar surface area (TPSA) is 229 Å². The number of nitrogens with zero attached hydrogens (tertiary/aromatic N) is 13. The molecule has 0 saturated carbocycles. The highest BCUT2D eigenvalue weighted by Gasteiger charge is 2.21. The molecule has 0 aliphatic carbocycles. The van der Waals surface area contributed by atoms with Gasteiger partial charge in [-0.25, -0.2) is 39.9 Å². The molecule has 3 saturated heterocycles. The van der Waals surface area contributed by atoms with Crippen LogP contribution < -0.4 is 44.9 Å². The minimum Gasteiger partial charge on any atom is -0.494 e. The highest BCUT2D eigenvalue weighted by molar-refractivity contribution is 9.10. The van der Waals surface area contributed by atoms with Gasteiger partial charge in [0, 0.05) is 113 Å². The molecule has 7 aromatic heterocycles. The smallest absolute Gasteiger partial charge is 0.228 e. The molecule has 10 heterocycles. The number of ether oxygens (including phenoxy) is 3. The number of benzene rings is 2. The van der Waals surface area contributed by atoms with E-state index in [-0.39, 0.29) is 20.1 Å². The second-order valence-electron chi connectivity index (χ2n) is 16.2. The number of methoxy groups -OCH3 is 3. The number of aromatic nitrogens is 10. The van der Waals surface area contributed by atoms with E-state index in [1.807, 2.05) is 48.5 Å². The van der Waals surface area contributed by atoms with E-state index in [0.29, 0.717) is 29.0 Å². The lowest BCUT2D eigenvalue weighted by Crippen LogP contribution is -2.47. The summed E-state index contributed by atoms with van der Waals surface area (Å²) >= 11 is 8.79. The van der Waals surface area contributed by atoms with Gasteiger partial charge < -0.3 is 53.7 Å². The van der Waals surface area contributed by atoms with E-state index in [9.17, 15) is 0 Å². The van der Waals surface area contributed by atoms with E-state index in [2.05, 4.69) is 109 Å². The van der Waals surface area contributed by atoms with Crippen molar-refractivity contribution < 1.29 is 23.0 Å². The Kier molecular flexibility index (Phi) is 22.8. The summed E-state index contributed by atoms with van der Waals surface area (Å²) in [6.45, 7) is 11.9. The molecule has 9 aromatic rings. The highest BCUT2D eigenvalue weighted by atomic mass is 79.9. The number of anilines is 3. The molecular weight excluding hydrogens is 1060 g/mol. The van der Waals surface area contributed by atoms with Gasteiger partial charge in [0.05, 0.1) is 69.6 Å². The molecule has 21 nitrogen and oxygen atoms in total. The Morgan fingerprint density at radius 2 is 0.921 bits per heavy atom. The van der Waals surface area contributed by atoms with E-state index in [1.54, 1.807) is 70.9 Å². The lowest BCUT2D eigenvalue weighted by atomic mass is 10.2. The van der Waals surface area contributed by atoms with Crippen molar-refractivity contribution in [2.24, 2.45) is 0 Å². The third kappa shape index (κ3) is 16.7. The molecular formula is C53H64BrClN16O5. The number of nitrogens with one attached hydrogen (secondary N) is 3. The first-order valence-electron chi connectivity index (χ1n) is 23.7. The monoisotopic (exact) mass is 1120 g/mol. The summed E-state index contributed by atoms with van der Waals surface area (Å²) in [5, 5.41) is 9.96. The number of fused-ring (bicyclic) bond motifs is 2. The van der Waals surface area contributed by atoms with E-state index in [1.165, 1.54) is 12.4 Å².